The molecule has 4 rings (SSSR count). The first kappa shape index (κ1) is 29.3. The Bertz CT molecular complexity index is 705. The molecule has 144 valence electrons. The molecule has 0 unspecified atom stereocenters. The average Bonchev–Trinajstić information content (AvgIpc) is 2.71. The summed E-state index contributed by atoms with van der Waals surface area (Å²) < 4.78 is 0. The summed E-state index contributed by atoms with van der Waals surface area (Å²) in [6.07, 6.45) is 7.07. The predicted octanol–water partition coefficient (Wildman–Crippen LogP) is -4.70. The van der Waals surface area contributed by atoms with Gasteiger partial charge < -0.3 is 37.2 Å². The minimum absolute atomic E-state index is 0. The summed E-state index contributed by atoms with van der Waals surface area (Å²) in [5.41, 5.74) is 3.66. The van der Waals surface area contributed by atoms with Crippen LogP contribution in [0.1, 0.15) is 0 Å². The number of rotatable bonds is 2. The summed E-state index contributed by atoms with van der Waals surface area (Å²) in [5.74, 6) is 0. The summed E-state index contributed by atoms with van der Waals surface area (Å²) in [7, 11) is 0. The first-order valence-electron chi connectivity index (χ1n) is 7.58. The standard InChI is InChI=1S/2C10H8N2.3ClH.Eu/c2*1-3-7-11-9(5-1)10-6-2-4-8-12-10;;;;/h2*1-8H;3*1H;/q;;;;;+3/p-3. The van der Waals surface area contributed by atoms with E-state index >= 15 is 0 Å². The van der Waals surface area contributed by atoms with Crippen LogP contribution in [0.4, 0.5) is 0 Å². The van der Waals surface area contributed by atoms with Crippen molar-refractivity contribution < 1.29 is 86.6 Å². The fourth-order valence-electron chi connectivity index (χ4n) is 2.06. The first-order chi connectivity index (χ1) is 11.9. The fourth-order valence-corrected chi connectivity index (χ4v) is 2.06. The van der Waals surface area contributed by atoms with Gasteiger partial charge in [-0.1, -0.05) is 24.3 Å². The maximum Gasteiger partial charge on any atom is 3.00 e. The topological polar surface area (TPSA) is 51.6 Å². The quantitative estimate of drug-likeness (QED) is 0.243. The molecule has 0 aliphatic rings. The van der Waals surface area contributed by atoms with Crippen LogP contribution < -0.4 is 37.2 Å². The molecule has 0 saturated heterocycles. The molecule has 0 aliphatic heterocycles. The van der Waals surface area contributed by atoms with Crippen molar-refractivity contribution in [2.24, 2.45) is 0 Å². The van der Waals surface area contributed by atoms with E-state index in [4.69, 9.17) is 0 Å². The van der Waals surface area contributed by atoms with Crippen molar-refractivity contribution in [3.8, 4) is 22.8 Å². The maximum absolute atomic E-state index is 4.19. The Balaban J connectivity index is 0. The number of aromatic nitrogens is 4. The minimum atomic E-state index is 0. The Morgan fingerprint density at radius 3 is 0.714 bits per heavy atom. The van der Waals surface area contributed by atoms with Crippen molar-refractivity contribution in [3.05, 3.63) is 97.6 Å². The van der Waals surface area contributed by atoms with E-state index in [1.165, 1.54) is 0 Å². The molecule has 0 radical (unpaired) electrons. The van der Waals surface area contributed by atoms with Crippen LogP contribution in [-0.2, 0) is 0 Å². The van der Waals surface area contributed by atoms with Gasteiger partial charge in [0.2, 0.25) is 0 Å². The Morgan fingerprint density at radius 1 is 0.357 bits per heavy atom. The van der Waals surface area contributed by atoms with Gasteiger partial charge in [0.1, 0.15) is 0 Å². The van der Waals surface area contributed by atoms with Gasteiger partial charge in [0.15, 0.2) is 0 Å². The van der Waals surface area contributed by atoms with Crippen LogP contribution in [0.5, 0.6) is 0 Å². The van der Waals surface area contributed by atoms with Crippen molar-refractivity contribution >= 4 is 0 Å². The second kappa shape index (κ2) is 17.0. The second-order valence-corrected chi connectivity index (χ2v) is 4.86. The van der Waals surface area contributed by atoms with Crippen LogP contribution in [0.25, 0.3) is 22.8 Å². The number of hydrogen-bond donors (Lipinski definition) is 0. The number of pyridine rings is 4. The number of hydrogen-bond acceptors (Lipinski definition) is 4. The number of nitrogens with zero attached hydrogens (tertiary/aromatic N) is 4. The van der Waals surface area contributed by atoms with E-state index in [9.17, 15) is 0 Å². The summed E-state index contributed by atoms with van der Waals surface area (Å²) in [5, 5.41) is 0. The van der Waals surface area contributed by atoms with Gasteiger partial charge in [0.05, 0.1) is 22.8 Å². The van der Waals surface area contributed by atoms with Crippen LogP contribution in [-0.4, -0.2) is 19.9 Å². The van der Waals surface area contributed by atoms with E-state index in [2.05, 4.69) is 19.9 Å². The third-order valence-electron chi connectivity index (χ3n) is 3.18. The second-order valence-electron chi connectivity index (χ2n) is 4.86. The molecule has 4 nitrogen and oxygen atoms in total. The van der Waals surface area contributed by atoms with E-state index in [1.807, 2.05) is 72.8 Å². The van der Waals surface area contributed by atoms with Crippen LogP contribution in [0, 0.1) is 49.4 Å². The molecule has 0 aromatic carbocycles. The third-order valence-corrected chi connectivity index (χ3v) is 3.18. The average molecular weight is 571 g/mol. The molecule has 0 N–H and O–H groups in total. The monoisotopic (exact) mass is 570 g/mol. The van der Waals surface area contributed by atoms with Crippen LogP contribution in [0.3, 0.4) is 0 Å². The summed E-state index contributed by atoms with van der Waals surface area (Å²) in [4.78, 5) is 16.7. The van der Waals surface area contributed by atoms with Crippen molar-refractivity contribution in [1.82, 2.24) is 19.9 Å². The van der Waals surface area contributed by atoms with E-state index in [0.717, 1.165) is 22.8 Å². The zero-order chi connectivity index (χ0) is 16.5. The van der Waals surface area contributed by atoms with Crippen LogP contribution >= 0.6 is 0 Å². The van der Waals surface area contributed by atoms with E-state index in [0.29, 0.717) is 0 Å². The molecule has 8 heteroatoms. The third kappa shape index (κ3) is 9.50. The molecule has 0 spiro atoms. The van der Waals surface area contributed by atoms with E-state index < -0.39 is 0 Å². The molecular weight excluding hydrogens is 555 g/mol. The Labute approximate surface area is 224 Å². The normalized spacial score (nSPS) is 8.29. The molecule has 4 aromatic rings. The van der Waals surface area contributed by atoms with E-state index in [-0.39, 0.29) is 86.6 Å². The van der Waals surface area contributed by atoms with Gasteiger partial charge in [-0.05, 0) is 48.5 Å². The fraction of sp³-hybridized carbons (Fsp3) is 0. The zero-order valence-electron chi connectivity index (χ0n) is 14.5. The van der Waals surface area contributed by atoms with Gasteiger partial charge in [0, 0.05) is 24.8 Å². The van der Waals surface area contributed by atoms with Crippen LogP contribution in [0.2, 0.25) is 0 Å². The van der Waals surface area contributed by atoms with Gasteiger partial charge in [-0.3, -0.25) is 19.9 Å². The Kier molecular flexibility index (Phi) is 17.7. The van der Waals surface area contributed by atoms with Crippen molar-refractivity contribution in [3.63, 3.8) is 0 Å². The molecule has 0 fully saturated rings. The smallest absolute Gasteiger partial charge is 1.00 e. The molecular formula is C20H16Cl3EuN4. The molecule has 28 heavy (non-hydrogen) atoms. The molecule has 0 saturated carbocycles. The van der Waals surface area contributed by atoms with E-state index in [1.54, 1.807) is 24.8 Å². The molecule has 4 heterocycles. The Hall–Kier alpha value is -0.946. The maximum atomic E-state index is 4.19. The SMILES string of the molecule is [Cl-].[Cl-].[Cl-].[Eu+3].c1ccc(-c2ccccn2)nc1.c1ccc(-c2ccccn2)nc1. The molecule has 4 aromatic heterocycles. The van der Waals surface area contributed by atoms with Gasteiger partial charge in [-0.2, -0.15) is 0 Å². The van der Waals surface area contributed by atoms with Crippen molar-refractivity contribution in [1.29, 1.82) is 0 Å². The molecule has 0 atom stereocenters. The Morgan fingerprint density at radius 2 is 0.571 bits per heavy atom. The van der Waals surface area contributed by atoms with Crippen molar-refractivity contribution in [2.45, 2.75) is 0 Å². The molecule has 0 aliphatic carbocycles. The van der Waals surface area contributed by atoms with Gasteiger partial charge in [-0.25, -0.2) is 0 Å². The van der Waals surface area contributed by atoms with Gasteiger partial charge >= 0.3 is 49.4 Å². The largest absolute Gasteiger partial charge is 3.00 e. The zero-order valence-corrected chi connectivity index (χ0v) is 19.2. The van der Waals surface area contributed by atoms with Gasteiger partial charge in [-0.15, -0.1) is 0 Å². The summed E-state index contributed by atoms with van der Waals surface area (Å²) >= 11 is 0. The minimum Gasteiger partial charge on any atom is -1.00 e. The molecule has 0 bridgehead atoms. The molecule has 0 amide bonds. The van der Waals surface area contributed by atoms with Gasteiger partial charge in [0.25, 0.3) is 0 Å². The van der Waals surface area contributed by atoms with Crippen LogP contribution in [0.15, 0.2) is 97.6 Å². The summed E-state index contributed by atoms with van der Waals surface area (Å²) in [6, 6.07) is 23.2. The van der Waals surface area contributed by atoms with Crippen molar-refractivity contribution in [2.75, 3.05) is 0 Å². The first-order valence-corrected chi connectivity index (χ1v) is 7.58. The predicted molar refractivity (Wildman–Crippen MR) is 94.9 cm³/mol. The number of halogens is 3. The summed E-state index contributed by atoms with van der Waals surface area (Å²) in [6.45, 7) is 0.